The molecule has 2 heterocycles. The lowest BCUT2D eigenvalue weighted by atomic mass is 9.80. The lowest BCUT2D eigenvalue weighted by Gasteiger charge is -2.21. The molecule has 1 aliphatic carbocycles. The molecule has 0 spiro atoms. The zero-order chi connectivity index (χ0) is 32.8. The molecule has 0 saturated carbocycles. The summed E-state index contributed by atoms with van der Waals surface area (Å²) in [6.45, 7) is 0. The minimum absolute atomic E-state index is 0.0392. The summed E-state index contributed by atoms with van der Waals surface area (Å²) in [4.78, 5) is 0. The first-order valence-corrected chi connectivity index (χ1v) is 17.3. The summed E-state index contributed by atoms with van der Waals surface area (Å²) in [6, 6.07) is 52.6. The van der Waals surface area contributed by atoms with Crippen LogP contribution in [0.1, 0.15) is 11.5 Å². The van der Waals surface area contributed by atoms with Gasteiger partial charge in [-0.25, -0.2) is 0 Å². The first-order chi connectivity index (χ1) is 24.8. The van der Waals surface area contributed by atoms with Gasteiger partial charge in [0.05, 0.1) is 0 Å². The van der Waals surface area contributed by atoms with Crippen LogP contribution in [0, 0.1) is 0 Å². The minimum atomic E-state index is -0.0392. The van der Waals surface area contributed by atoms with E-state index in [0.717, 1.165) is 38.8 Å². The average Bonchev–Trinajstić information content (AvgIpc) is 3.75. The van der Waals surface area contributed by atoms with Crippen molar-refractivity contribution in [3.63, 3.8) is 0 Å². The normalized spacial score (nSPS) is 16.4. The maximum atomic E-state index is 6.91. The fourth-order valence-corrected chi connectivity index (χ4v) is 8.57. The van der Waals surface area contributed by atoms with Gasteiger partial charge in [-0.3, -0.25) is 0 Å². The second-order valence-electron chi connectivity index (χ2n) is 13.5. The first-order valence-electron chi connectivity index (χ1n) is 17.3. The van der Waals surface area contributed by atoms with Crippen molar-refractivity contribution in [1.82, 2.24) is 0 Å². The van der Waals surface area contributed by atoms with Crippen molar-refractivity contribution < 1.29 is 9.15 Å². The first kappa shape index (κ1) is 27.6. The van der Waals surface area contributed by atoms with Gasteiger partial charge in [-0.15, -0.1) is 0 Å². The molecule has 0 fully saturated rings. The molecule has 0 radical (unpaired) electrons. The molecule has 8 aromatic carbocycles. The predicted octanol–water partition coefficient (Wildman–Crippen LogP) is 13.0. The molecule has 0 amide bonds. The fourth-order valence-electron chi connectivity index (χ4n) is 8.57. The van der Waals surface area contributed by atoms with Gasteiger partial charge < -0.3 is 9.15 Å². The van der Waals surface area contributed by atoms with Crippen molar-refractivity contribution in [1.29, 1.82) is 0 Å². The minimum Gasteiger partial charge on any atom is -0.484 e. The number of allylic oxidation sites excluding steroid dienone is 2. The van der Waals surface area contributed by atoms with Crippen molar-refractivity contribution in [3.05, 3.63) is 175 Å². The van der Waals surface area contributed by atoms with Crippen molar-refractivity contribution in [2.45, 2.75) is 12.0 Å². The Labute approximate surface area is 289 Å². The molecule has 0 N–H and O–H groups in total. The van der Waals surface area contributed by atoms with Crippen molar-refractivity contribution in [2.75, 3.05) is 0 Å². The number of fused-ring (bicyclic) bond motifs is 9. The Morgan fingerprint density at radius 1 is 0.420 bits per heavy atom. The van der Waals surface area contributed by atoms with Gasteiger partial charge in [0.25, 0.3) is 0 Å². The summed E-state index contributed by atoms with van der Waals surface area (Å²) >= 11 is 0. The Kier molecular flexibility index (Phi) is 5.82. The quantitative estimate of drug-likeness (QED) is 0.180. The zero-order valence-corrected chi connectivity index (χ0v) is 27.1. The van der Waals surface area contributed by atoms with Crippen LogP contribution >= 0.6 is 0 Å². The molecular weight excluding hydrogens is 609 g/mol. The highest BCUT2D eigenvalue weighted by atomic mass is 16.5. The summed E-state index contributed by atoms with van der Waals surface area (Å²) < 4.78 is 13.3. The van der Waals surface area contributed by atoms with Crippen LogP contribution in [0.15, 0.2) is 174 Å². The van der Waals surface area contributed by atoms with Crippen LogP contribution in [0.25, 0.3) is 87.6 Å². The van der Waals surface area contributed by atoms with Gasteiger partial charge >= 0.3 is 0 Å². The monoisotopic (exact) mass is 638 g/mol. The summed E-state index contributed by atoms with van der Waals surface area (Å²) in [7, 11) is 0. The smallest absolute Gasteiger partial charge is 0.136 e. The van der Waals surface area contributed by atoms with Crippen LogP contribution in [0.3, 0.4) is 0 Å². The van der Waals surface area contributed by atoms with Crippen molar-refractivity contribution >= 4 is 54.3 Å². The SMILES string of the molecule is C1=CC2Oc3c(-c4ccc5ccccc5c4)ccc(-c4c5ccccc5c(-c5ccc6c(c5)oc5ccccc56)c5ccccc45)c3C2C=C1. The van der Waals surface area contributed by atoms with E-state index in [1.807, 2.05) is 12.1 Å². The van der Waals surface area contributed by atoms with Gasteiger partial charge in [0.15, 0.2) is 0 Å². The van der Waals surface area contributed by atoms with Gasteiger partial charge in [0, 0.05) is 27.8 Å². The summed E-state index contributed by atoms with van der Waals surface area (Å²) in [5.41, 5.74) is 10.2. The second-order valence-corrected chi connectivity index (χ2v) is 13.5. The van der Waals surface area contributed by atoms with Crippen LogP contribution in [0.4, 0.5) is 0 Å². The largest absolute Gasteiger partial charge is 0.484 e. The molecule has 2 unspecified atom stereocenters. The zero-order valence-electron chi connectivity index (χ0n) is 27.1. The molecule has 50 heavy (non-hydrogen) atoms. The van der Waals surface area contributed by atoms with Gasteiger partial charge in [-0.1, -0.05) is 140 Å². The molecule has 9 aromatic rings. The van der Waals surface area contributed by atoms with Crippen molar-refractivity contribution in [2.24, 2.45) is 0 Å². The van der Waals surface area contributed by atoms with E-state index in [9.17, 15) is 0 Å². The number of benzene rings is 8. The highest BCUT2D eigenvalue weighted by Gasteiger charge is 2.37. The third-order valence-corrected chi connectivity index (χ3v) is 10.8. The van der Waals surface area contributed by atoms with Crippen molar-refractivity contribution in [3.8, 4) is 39.1 Å². The van der Waals surface area contributed by atoms with Crippen LogP contribution in [0.2, 0.25) is 0 Å². The molecule has 2 atom stereocenters. The van der Waals surface area contributed by atoms with Crippen LogP contribution in [-0.4, -0.2) is 6.10 Å². The molecule has 1 aliphatic heterocycles. The Balaban J connectivity index is 1.19. The van der Waals surface area contributed by atoms with E-state index >= 15 is 0 Å². The summed E-state index contributed by atoms with van der Waals surface area (Å²) in [5.74, 6) is 1.11. The van der Waals surface area contributed by atoms with E-state index in [-0.39, 0.29) is 12.0 Å². The third-order valence-electron chi connectivity index (χ3n) is 10.8. The molecule has 0 bridgehead atoms. The van der Waals surface area contributed by atoms with E-state index in [1.54, 1.807) is 0 Å². The van der Waals surface area contributed by atoms with Gasteiger partial charge in [-0.05, 0) is 90.5 Å². The second kappa shape index (κ2) is 10.6. The third kappa shape index (κ3) is 3.96. The molecule has 11 rings (SSSR count). The lowest BCUT2D eigenvalue weighted by Crippen LogP contribution is -2.15. The van der Waals surface area contributed by atoms with E-state index in [2.05, 4.69) is 158 Å². The maximum Gasteiger partial charge on any atom is 0.136 e. The predicted molar refractivity (Wildman–Crippen MR) is 208 cm³/mol. The topological polar surface area (TPSA) is 22.4 Å². The average molecular weight is 639 g/mol. The number of para-hydroxylation sites is 1. The standard InChI is InChI=1S/C48H30O2/c1-2-12-30-27-31(22-21-29(30)11-1)33-25-26-41(47-40-18-8-10-20-43(40)50-48(33)47)46-38-16-5-3-14-36(38)45(37-15-4-6-17-39(37)46)32-23-24-35-34-13-7-9-19-42(34)49-44(35)28-32/h1-28,40,43H. The van der Waals surface area contributed by atoms with E-state index < -0.39 is 0 Å². The van der Waals surface area contributed by atoms with Gasteiger partial charge in [0.1, 0.15) is 23.0 Å². The Morgan fingerprint density at radius 3 is 1.84 bits per heavy atom. The molecule has 2 heteroatoms. The molecule has 234 valence electrons. The maximum absolute atomic E-state index is 6.91. The lowest BCUT2D eigenvalue weighted by molar-refractivity contribution is 0.270. The van der Waals surface area contributed by atoms with Crippen LogP contribution in [-0.2, 0) is 0 Å². The Bertz CT molecular complexity index is 2860. The van der Waals surface area contributed by atoms with E-state index in [4.69, 9.17) is 9.15 Å². The number of furan rings is 1. The van der Waals surface area contributed by atoms with Crippen LogP contribution in [0.5, 0.6) is 5.75 Å². The van der Waals surface area contributed by atoms with Crippen LogP contribution < -0.4 is 4.74 Å². The molecule has 2 aliphatic rings. The number of rotatable bonds is 3. The molecule has 0 saturated heterocycles. The Hall–Kier alpha value is -6.38. The van der Waals surface area contributed by atoms with Gasteiger partial charge in [0.2, 0.25) is 0 Å². The number of ether oxygens (including phenoxy) is 1. The van der Waals surface area contributed by atoms with Gasteiger partial charge in [-0.2, -0.15) is 0 Å². The number of hydrogen-bond acceptors (Lipinski definition) is 2. The fraction of sp³-hybridized carbons (Fsp3) is 0.0417. The summed E-state index contributed by atoms with van der Waals surface area (Å²) in [6.07, 6.45) is 8.75. The molecule has 2 nitrogen and oxygen atoms in total. The highest BCUT2D eigenvalue weighted by Crippen LogP contribution is 2.54. The molecular formula is C48H30O2. The van der Waals surface area contributed by atoms with E-state index in [0.29, 0.717) is 0 Å². The Morgan fingerprint density at radius 2 is 1.04 bits per heavy atom. The molecule has 1 aromatic heterocycles. The number of hydrogen-bond donors (Lipinski definition) is 0. The highest BCUT2D eigenvalue weighted by molar-refractivity contribution is 6.22. The summed E-state index contributed by atoms with van der Waals surface area (Å²) in [5, 5.41) is 9.65. The van der Waals surface area contributed by atoms with E-state index in [1.165, 1.54) is 60.1 Å².